The highest BCUT2D eigenvalue weighted by Crippen LogP contribution is 2.19. The van der Waals surface area contributed by atoms with E-state index in [4.69, 9.17) is 23.2 Å². The molecule has 2 amide bonds. The number of carbonyl (C=O) groups excluding carboxylic acids is 1. The fraction of sp³-hybridized carbons (Fsp3) is 0.100. The van der Waals surface area contributed by atoms with Crippen LogP contribution in [0, 0.1) is 0 Å². The first-order chi connectivity index (χ1) is 7.09. The van der Waals surface area contributed by atoms with Gasteiger partial charge in [0.2, 0.25) is 0 Å². The predicted molar refractivity (Wildman–Crippen MR) is 63.5 cm³/mol. The second kappa shape index (κ2) is 5.63. The molecule has 1 aromatic carbocycles. The zero-order valence-corrected chi connectivity index (χ0v) is 9.40. The monoisotopic (exact) mass is 244 g/mol. The Kier molecular flexibility index (Phi) is 4.46. The molecule has 1 rings (SSSR count). The van der Waals surface area contributed by atoms with E-state index in [1.165, 1.54) is 0 Å². The van der Waals surface area contributed by atoms with Gasteiger partial charge in [0, 0.05) is 5.03 Å². The van der Waals surface area contributed by atoms with E-state index in [0.717, 1.165) is 0 Å². The number of hydrogen-bond acceptors (Lipinski definition) is 1. The van der Waals surface area contributed by atoms with E-state index >= 15 is 0 Å². The summed E-state index contributed by atoms with van der Waals surface area (Å²) in [5.41, 5.74) is 0.553. The minimum absolute atomic E-state index is 0.220. The van der Waals surface area contributed by atoms with Gasteiger partial charge in [-0.3, -0.25) is 0 Å². The molecule has 0 saturated carbocycles. The Morgan fingerprint density at radius 3 is 2.67 bits per heavy atom. The highest BCUT2D eigenvalue weighted by atomic mass is 35.5. The van der Waals surface area contributed by atoms with Gasteiger partial charge in [0.1, 0.15) is 0 Å². The molecule has 3 nitrogen and oxygen atoms in total. The summed E-state index contributed by atoms with van der Waals surface area (Å²) in [6.45, 7) is 3.67. The molecule has 15 heavy (non-hydrogen) atoms. The maximum Gasteiger partial charge on any atom is 0.319 e. The second-order valence-corrected chi connectivity index (χ2v) is 3.75. The van der Waals surface area contributed by atoms with Gasteiger partial charge < -0.3 is 10.6 Å². The van der Waals surface area contributed by atoms with E-state index in [-0.39, 0.29) is 12.6 Å². The third kappa shape index (κ3) is 4.23. The standard InChI is InChI=1S/C10H10Cl2N2O/c1-7(11)6-13-10(15)14-9-5-3-2-4-8(9)12/h2-5H,1,6H2,(H2,13,14,15). The summed E-state index contributed by atoms with van der Waals surface area (Å²) in [5.74, 6) is 0. The zero-order valence-electron chi connectivity index (χ0n) is 7.89. The number of para-hydroxylation sites is 1. The maximum atomic E-state index is 11.3. The van der Waals surface area contributed by atoms with Crippen molar-refractivity contribution in [3.8, 4) is 0 Å². The van der Waals surface area contributed by atoms with Gasteiger partial charge in [0.05, 0.1) is 17.3 Å². The van der Waals surface area contributed by atoms with Crippen LogP contribution in [-0.4, -0.2) is 12.6 Å². The molecule has 80 valence electrons. The number of halogens is 2. The lowest BCUT2D eigenvalue weighted by atomic mass is 10.3. The molecule has 0 aromatic heterocycles. The number of nitrogens with one attached hydrogen (secondary N) is 2. The molecule has 0 saturated heterocycles. The Balaban J connectivity index is 2.52. The number of carbonyl (C=O) groups is 1. The van der Waals surface area contributed by atoms with Crippen molar-refractivity contribution < 1.29 is 4.79 Å². The summed E-state index contributed by atoms with van der Waals surface area (Å²) in [6, 6.07) is 6.59. The summed E-state index contributed by atoms with van der Waals surface area (Å²) in [5, 5.41) is 5.95. The molecule has 0 atom stereocenters. The van der Waals surface area contributed by atoms with Crippen LogP contribution in [0.2, 0.25) is 5.02 Å². The second-order valence-electron chi connectivity index (χ2n) is 2.80. The van der Waals surface area contributed by atoms with Crippen LogP contribution in [0.1, 0.15) is 0 Å². The van der Waals surface area contributed by atoms with Crippen LogP contribution < -0.4 is 10.6 Å². The third-order valence-electron chi connectivity index (χ3n) is 1.56. The first-order valence-corrected chi connectivity index (χ1v) is 4.98. The largest absolute Gasteiger partial charge is 0.333 e. The Morgan fingerprint density at radius 1 is 1.40 bits per heavy atom. The topological polar surface area (TPSA) is 41.1 Å². The molecule has 0 aliphatic heterocycles. The molecule has 0 heterocycles. The molecule has 1 aromatic rings. The van der Waals surface area contributed by atoms with Crippen LogP contribution in [-0.2, 0) is 0 Å². The number of hydrogen-bond donors (Lipinski definition) is 2. The van der Waals surface area contributed by atoms with E-state index in [9.17, 15) is 4.79 Å². The fourth-order valence-corrected chi connectivity index (χ4v) is 1.16. The summed E-state index contributed by atoms with van der Waals surface area (Å²) < 4.78 is 0. The van der Waals surface area contributed by atoms with Crippen LogP contribution in [0.5, 0.6) is 0 Å². The summed E-state index contributed by atoms with van der Waals surface area (Å²) in [4.78, 5) is 11.3. The van der Waals surface area contributed by atoms with Gasteiger partial charge >= 0.3 is 6.03 Å². The van der Waals surface area contributed by atoms with Crippen LogP contribution in [0.4, 0.5) is 10.5 Å². The van der Waals surface area contributed by atoms with Gasteiger partial charge in [-0.1, -0.05) is 41.9 Å². The minimum atomic E-state index is -0.370. The van der Waals surface area contributed by atoms with Gasteiger partial charge in [0.15, 0.2) is 0 Å². The van der Waals surface area contributed by atoms with Crippen LogP contribution in [0.15, 0.2) is 35.9 Å². The average molecular weight is 245 g/mol. The van der Waals surface area contributed by atoms with Crippen molar-refractivity contribution >= 4 is 34.9 Å². The summed E-state index contributed by atoms with van der Waals surface area (Å²) in [7, 11) is 0. The first-order valence-electron chi connectivity index (χ1n) is 4.22. The zero-order chi connectivity index (χ0) is 11.3. The molecule has 0 radical (unpaired) electrons. The Hall–Kier alpha value is -1.19. The number of anilines is 1. The van der Waals surface area contributed by atoms with Crippen molar-refractivity contribution in [1.29, 1.82) is 0 Å². The predicted octanol–water partition coefficient (Wildman–Crippen LogP) is 3.21. The van der Waals surface area contributed by atoms with E-state index in [1.54, 1.807) is 24.3 Å². The Morgan fingerprint density at radius 2 is 2.07 bits per heavy atom. The molecule has 5 heteroatoms. The van der Waals surface area contributed by atoms with E-state index in [2.05, 4.69) is 17.2 Å². The average Bonchev–Trinajstić information content (AvgIpc) is 2.18. The van der Waals surface area contributed by atoms with Crippen molar-refractivity contribution in [2.75, 3.05) is 11.9 Å². The molecule has 0 aliphatic carbocycles. The SMILES string of the molecule is C=C(Cl)CNC(=O)Nc1ccccc1Cl. The number of urea groups is 1. The quantitative estimate of drug-likeness (QED) is 0.843. The number of amides is 2. The van der Waals surface area contributed by atoms with Crippen LogP contribution >= 0.6 is 23.2 Å². The van der Waals surface area contributed by atoms with Gasteiger partial charge in [-0.25, -0.2) is 4.79 Å². The molecule has 0 aliphatic rings. The summed E-state index contributed by atoms with van der Waals surface area (Å²) >= 11 is 11.3. The van der Waals surface area contributed by atoms with E-state index in [0.29, 0.717) is 15.7 Å². The lowest BCUT2D eigenvalue weighted by Crippen LogP contribution is -2.29. The minimum Gasteiger partial charge on any atom is -0.333 e. The smallest absolute Gasteiger partial charge is 0.319 e. The van der Waals surface area contributed by atoms with E-state index in [1.807, 2.05) is 0 Å². The molecule has 0 spiro atoms. The lowest BCUT2D eigenvalue weighted by molar-refractivity contribution is 0.253. The maximum absolute atomic E-state index is 11.3. The number of benzene rings is 1. The van der Waals surface area contributed by atoms with Crippen LogP contribution in [0.3, 0.4) is 0 Å². The molecule has 0 bridgehead atoms. The molecule has 0 unspecified atom stereocenters. The van der Waals surface area contributed by atoms with Crippen molar-refractivity contribution in [3.63, 3.8) is 0 Å². The van der Waals surface area contributed by atoms with Crippen molar-refractivity contribution in [2.24, 2.45) is 0 Å². The number of rotatable bonds is 3. The highest BCUT2D eigenvalue weighted by Gasteiger charge is 2.03. The molecular weight excluding hydrogens is 235 g/mol. The van der Waals surface area contributed by atoms with Crippen molar-refractivity contribution in [1.82, 2.24) is 5.32 Å². The fourth-order valence-electron chi connectivity index (χ4n) is 0.905. The molecule has 2 N–H and O–H groups in total. The molecule has 0 fully saturated rings. The van der Waals surface area contributed by atoms with Crippen LogP contribution in [0.25, 0.3) is 0 Å². The van der Waals surface area contributed by atoms with Crippen molar-refractivity contribution in [2.45, 2.75) is 0 Å². The highest BCUT2D eigenvalue weighted by molar-refractivity contribution is 6.33. The van der Waals surface area contributed by atoms with E-state index < -0.39 is 0 Å². The van der Waals surface area contributed by atoms with Crippen molar-refractivity contribution in [3.05, 3.63) is 40.9 Å². The lowest BCUT2D eigenvalue weighted by Gasteiger charge is -2.07. The van der Waals surface area contributed by atoms with Gasteiger partial charge in [0.25, 0.3) is 0 Å². The normalized spacial score (nSPS) is 9.47. The van der Waals surface area contributed by atoms with Gasteiger partial charge in [-0.15, -0.1) is 0 Å². The Labute approximate surface area is 98.1 Å². The molecular formula is C10H10Cl2N2O. The van der Waals surface area contributed by atoms with Gasteiger partial charge in [-0.05, 0) is 12.1 Å². The third-order valence-corrected chi connectivity index (χ3v) is 2.03. The Bertz CT molecular complexity index is 379. The summed E-state index contributed by atoms with van der Waals surface area (Å²) in [6.07, 6.45) is 0. The van der Waals surface area contributed by atoms with Gasteiger partial charge in [-0.2, -0.15) is 0 Å². The first kappa shape index (κ1) is 11.9.